The molecular formula is C22H30O5Si. The summed E-state index contributed by atoms with van der Waals surface area (Å²) < 4.78 is 10.5. The zero-order valence-corrected chi connectivity index (χ0v) is 18.2. The number of rotatable bonds is 8. The molecule has 152 valence electrons. The van der Waals surface area contributed by atoms with Gasteiger partial charge in [0.1, 0.15) is 14.4 Å². The van der Waals surface area contributed by atoms with Gasteiger partial charge < -0.3 is 14.3 Å². The number of benzene rings is 1. The molecule has 1 aliphatic carbocycles. The van der Waals surface area contributed by atoms with E-state index in [1.807, 2.05) is 18.2 Å². The van der Waals surface area contributed by atoms with Gasteiger partial charge >= 0.3 is 11.9 Å². The largest absolute Gasteiger partial charge is 0.465 e. The molecule has 0 radical (unpaired) electrons. The molecule has 28 heavy (non-hydrogen) atoms. The van der Waals surface area contributed by atoms with Gasteiger partial charge in [0, 0.05) is 6.42 Å². The van der Waals surface area contributed by atoms with Crippen molar-refractivity contribution < 1.29 is 23.9 Å². The predicted octanol–water partition coefficient (Wildman–Crippen LogP) is 3.18. The Hall–Kier alpha value is -2.21. The van der Waals surface area contributed by atoms with Crippen LogP contribution in [0.4, 0.5) is 0 Å². The molecule has 1 fully saturated rings. The number of allylic oxidation sites excluding steroid dienone is 1. The molecule has 0 amide bonds. The standard InChI is InChI=1S/C22H30O5Si/c1-5-26-20(24)22(21(25)27-6-2)14-17(12-13-23)18(15-22)16-28(3,4)19-10-8-7-9-11-19/h7-11,13,16-17H,5-6,12,14-15H2,1-4H3/b18-16+. The maximum Gasteiger partial charge on any atom is 0.323 e. The fourth-order valence-electron chi connectivity index (χ4n) is 3.98. The van der Waals surface area contributed by atoms with Crippen LogP contribution in [0.2, 0.25) is 13.1 Å². The molecule has 2 rings (SSSR count). The van der Waals surface area contributed by atoms with Gasteiger partial charge in [0.05, 0.1) is 13.2 Å². The van der Waals surface area contributed by atoms with E-state index in [-0.39, 0.29) is 38.4 Å². The Morgan fingerprint density at radius 2 is 1.68 bits per heavy atom. The van der Waals surface area contributed by atoms with Gasteiger partial charge in [0.25, 0.3) is 0 Å². The minimum absolute atomic E-state index is 0.151. The first-order valence-corrected chi connectivity index (χ1v) is 12.9. The molecule has 0 heterocycles. The number of hydrogen-bond acceptors (Lipinski definition) is 5. The van der Waals surface area contributed by atoms with Gasteiger partial charge in [-0.25, -0.2) is 0 Å². The highest BCUT2D eigenvalue weighted by atomic mass is 28.3. The van der Waals surface area contributed by atoms with Crippen molar-refractivity contribution in [3.05, 3.63) is 41.6 Å². The average Bonchev–Trinajstić information content (AvgIpc) is 3.02. The highest BCUT2D eigenvalue weighted by Crippen LogP contribution is 2.48. The highest BCUT2D eigenvalue weighted by molar-refractivity contribution is 6.94. The Bertz CT molecular complexity index is 721. The van der Waals surface area contributed by atoms with E-state index < -0.39 is 25.4 Å². The van der Waals surface area contributed by atoms with E-state index in [2.05, 4.69) is 30.9 Å². The van der Waals surface area contributed by atoms with Gasteiger partial charge in [-0.05, 0) is 32.6 Å². The zero-order chi connectivity index (χ0) is 20.8. The summed E-state index contributed by atoms with van der Waals surface area (Å²) in [4.78, 5) is 36.9. The first-order valence-electron chi connectivity index (χ1n) is 9.86. The number of ether oxygens (including phenoxy) is 2. The highest BCUT2D eigenvalue weighted by Gasteiger charge is 2.55. The van der Waals surface area contributed by atoms with Crippen LogP contribution >= 0.6 is 0 Å². The third-order valence-electron chi connectivity index (χ3n) is 5.40. The Balaban J connectivity index is 2.47. The van der Waals surface area contributed by atoms with Crippen LogP contribution in [0.25, 0.3) is 0 Å². The fourth-order valence-corrected chi connectivity index (χ4v) is 6.47. The van der Waals surface area contributed by atoms with E-state index >= 15 is 0 Å². The van der Waals surface area contributed by atoms with Crippen molar-refractivity contribution in [3.63, 3.8) is 0 Å². The van der Waals surface area contributed by atoms with Crippen molar-refractivity contribution in [2.75, 3.05) is 13.2 Å². The van der Waals surface area contributed by atoms with E-state index in [1.54, 1.807) is 13.8 Å². The Morgan fingerprint density at radius 3 is 2.18 bits per heavy atom. The maximum absolute atomic E-state index is 12.8. The Labute approximate surface area is 168 Å². The predicted molar refractivity (Wildman–Crippen MR) is 111 cm³/mol. The van der Waals surface area contributed by atoms with Crippen LogP contribution in [0.1, 0.15) is 33.1 Å². The first-order chi connectivity index (χ1) is 13.3. The topological polar surface area (TPSA) is 69.7 Å². The molecule has 0 aliphatic heterocycles. The number of aldehydes is 1. The Morgan fingerprint density at radius 1 is 1.11 bits per heavy atom. The minimum Gasteiger partial charge on any atom is -0.465 e. The van der Waals surface area contributed by atoms with Crippen LogP contribution in [0.3, 0.4) is 0 Å². The molecule has 1 atom stereocenters. The molecule has 1 aliphatic rings. The molecule has 0 bridgehead atoms. The average molecular weight is 403 g/mol. The van der Waals surface area contributed by atoms with Crippen LogP contribution in [0.5, 0.6) is 0 Å². The van der Waals surface area contributed by atoms with Crippen LogP contribution in [-0.4, -0.2) is 39.5 Å². The molecule has 6 heteroatoms. The molecule has 0 saturated heterocycles. The summed E-state index contributed by atoms with van der Waals surface area (Å²) in [5.41, 5.74) is 1.87. The van der Waals surface area contributed by atoms with Crippen molar-refractivity contribution in [3.8, 4) is 0 Å². The van der Waals surface area contributed by atoms with E-state index in [9.17, 15) is 14.4 Å². The summed E-state index contributed by atoms with van der Waals surface area (Å²) in [5.74, 6) is -1.25. The lowest BCUT2D eigenvalue weighted by atomic mass is 9.85. The quantitative estimate of drug-likeness (QED) is 0.289. The number of hydrogen-bond donors (Lipinski definition) is 0. The van der Waals surface area contributed by atoms with E-state index in [4.69, 9.17) is 9.47 Å². The molecule has 1 saturated carbocycles. The van der Waals surface area contributed by atoms with Gasteiger partial charge in [-0.1, -0.05) is 59.9 Å². The lowest BCUT2D eigenvalue weighted by Crippen LogP contribution is -2.41. The minimum atomic E-state index is -1.97. The van der Waals surface area contributed by atoms with Gasteiger partial charge in [-0.15, -0.1) is 0 Å². The van der Waals surface area contributed by atoms with Crippen molar-refractivity contribution in [1.82, 2.24) is 0 Å². The maximum atomic E-state index is 12.8. The van der Waals surface area contributed by atoms with Gasteiger partial charge in [0.2, 0.25) is 0 Å². The second-order valence-electron chi connectivity index (χ2n) is 7.81. The summed E-state index contributed by atoms with van der Waals surface area (Å²) in [6.07, 6.45) is 1.66. The van der Waals surface area contributed by atoms with Crippen molar-refractivity contribution in [2.24, 2.45) is 11.3 Å². The third kappa shape index (κ3) is 4.61. The monoisotopic (exact) mass is 402 g/mol. The van der Waals surface area contributed by atoms with E-state index in [1.165, 1.54) is 5.19 Å². The van der Waals surface area contributed by atoms with Crippen LogP contribution in [0, 0.1) is 11.3 Å². The van der Waals surface area contributed by atoms with Crippen molar-refractivity contribution >= 4 is 31.5 Å². The summed E-state index contributed by atoms with van der Waals surface area (Å²) in [6.45, 7) is 8.28. The zero-order valence-electron chi connectivity index (χ0n) is 17.2. The van der Waals surface area contributed by atoms with Crippen molar-refractivity contribution in [1.29, 1.82) is 0 Å². The second kappa shape index (κ2) is 9.32. The fraction of sp³-hybridized carbons (Fsp3) is 0.500. The van der Waals surface area contributed by atoms with Crippen LogP contribution < -0.4 is 5.19 Å². The third-order valence-corrected chi connectivity index (χ3v) is 8.32. The molecule has 1 unspecified atom stereocenters. The molecule has 1 aromatic carbocycles. The molecule has 0 spiro atoms. The summed E-state index contributed by atoms with van der Waals surface area (Å²) in [5, 5.41) is 1.26. The lowest BCUT2D eigenvalue weighted by Gasteiger charge is -2.24. The molecule has 0 N–H and O–H groups in total. The summed E-state index contributed by atoms with van der Waals surface area (Å²) >= 11 is 0. The summed E-state index contributed by atoms with van der Waals surface area (Å²) in [6, 6.07) is 10.2. The first kappa shape index (κ1) is 22.1. The van der Waals surface area contributed by atoms with E-state index in [0.29, 0.717) is 0 Å². The van der Waals surface area contributed by atoms with E-state index in [0.717, 1.165) is 11.9 Å². The summed E-state index contributed by atoms with van der Waals surface area (Å²) in [7, 11) is -1.97. The van der Waals surface area contributed by atoms with Crippen LogP contribution in [-0.2, 0) is 23.9 Å². The smallest absolute Gasteiger partial charge is 0.323 e. The van der Waals surface area contributed by atoms with Gasteiger partial charge in [-0.3, -0.25) is 9.59 Å². The van der Waals surface area contributed by atoms with Crippen LogP contribution in [0.15, 0.2) is 41.6 Å². The van der Waals surface area contributed by atoms with Crippen molar-refractivity contribution in [2.45, 2.75) is 46.2 Å². The SMILES string of the molecule is CCOC(=O)C1(C(=O)OCC)C/C(=C\[Si](C)(C)c2ccccc2)C(CC=O)C1. The molecular weight excluding hydrogens is 372 g/mol. The number of esters is 2. The molecule has 5 nitrogen and oxygen atoms in total. The van der Waals surface area contributed by atoms with Gasteiger partial charge in [-0.2, -0.15) is 0 Å². The molecule has 1 aromatic rings. The Kier molecular flexibility index (Phi) is 7.35. The number of carbonyl (C=O) groups excluding carboxylic acids is 3. The normalized spacial score (nSPS) is 20.0. The number of carbonyl (C=O) groups is 3. The second-order valence-corrected chi connectivity index (χ2v) is 12.1. The van der Waals surface area contributed by atoms with Gasteiger partial charge in [0.15, 0.2) is 5.41 Å². The lowest BCUT2D eigenvalue weighted by molar-refractivity contribution is -0.171. The molecule has 0 aromatic heterocycles.